The molecule has 2 rings (SSSR count). The second-order valence-electron chi connectivity index (χ2n) is 7.70. The van der Waals surface area contributed by atoms with Crippen LogP contribution in [0.25, 0.3) is 0 Å². The number of hydrogen-bond acceptors (Lipinski definition) is 5. The van der Waals surface area contributed by atoms with Gasteiger partial charge in [-0.15, -0.1) is 0 Å². The first-order valence-corrected chi connectivity index (χ1v) is 10.1. The van der Waals surface area contributed by atoms with Crippen molar-refractivity contribution in [3.8, 4) is 0 Å². The summed E-state index contributed by atoms with van der Waals surface area (Å²) in [5.41, 5.74) is 5.54. The summed E-state index contributed by atoms with van der Waals surface area (Å²) in [4.78, 5) is 49.8. The summed E-state index contributed by atoms with van der Waals surface area (Å²) in [5, 5.41) is 14.2. The Morgan fingerprint density at radius 3 is 2.50 bits per heavy atom. The zero-order chi connectivity index (χ0) is 20.7. The molecule has 0 aromatic rings. The summed E-state index contributed by atoms with van der Waals surface area (Å²) in [6.07, 6.45) is 4.97. The molecule has 4 atom stereocenters. The molecule has 3 amide bonds. The van der Waals surface area contributed by atoms with E-state index in [4.69, 9.17) is 10.8 Å². The molecule has 5 N–H and O–H groups in total. The molecule has 9 nitrogen and oxygen atoms in total. The van der Waals surface area contributed by atoms with Gasteiger partial charge in [0, 0.05) is 25.6 Å². The number of carbonyl (C=O) groups excluding carboxylic acids is 3. The van der Waals surface area contributed by atoms with Crippen LogP contribution < -0.4 is 16.4 Å². The molecule has 2 heterocycles. The molecule has 2 saturated heterocycles. The summed E-state index contributed by atoms with van der Waals surface area (Å²) >= 11 is 0. The van der Waals surface area contributed by atoms with E-state index < -0.39 is 12.0 Å². The highest BCUT2D eigenvalue weighted by Gasteiger charge is 2.48. The first-order valence-electron chi connectivity index (χ1n) is 10.1. The second-order valence-corrected chi connectivity index (χ2v) is 7.70. The monoisotopic (exact) mass is 396 g/mol. The maximum atomic E-state index is 13.2. The number of unbranched alkanes of at least 4 members (excludes halogenated alkanes) is 1. The molecule has 28 heavy (non-hydrogen) atoms. The van der Waals surface area contributed by atoms with Crippen LogP contribution in [0.3, 0.4) is 0 Å². The maximum absolute atomic E-state index is 13.2. The number of hydrogen-bond donors (Lipinski definition) is 4. The number of aliphatic carboxylic acids is 1. The number of nitrogens with two attached hydrogens (primary N) is 1. The van der Waals surface area contributed by atoms with Crippen LogP contribution in [0.1, 0.15) is 58.3 Å². The van der Waals surface area contributed by atoms with Gasteiger partial charge in [0.15, 0.2) is 0 Å². The Hall–Kier alpha value is -2.16. The van der Waals surface area contributed by atoms with Crippen molar-refractivity contribution in [3.05, 3.63) is 0 Å². The van der Waals surface area contributed by atoms with Gasteiger partial charge in [0.25, 0.3) is 0 Å². The van der Waals surface area contributed by atoms with E-state index in [0.717, 1.165) is 32.1 Å². The third-order valence-electron chi connectivity index (χ3n) is 5.67. The van der Waals surface area contributed by atoms with Crippen molar-refractivity contribution < 1.29 is 24.3 Å². The maximum Gasteiger partial charge on any atom is 0.305 e. The topological polar surface area (TPSA) is 142 Å². The van der Waals surface area contributed by atoms with E-state index >= 15 is 0 Å². The summed E-state index contributed by atoms with van der Waals surface area (Å²) in [6.45, 7) is 2.02. The Morgan fingerprint density at radius 2 is 1.86 bits per heavy atom. The average molecular weight is 396 g/mol. The summed E-state index contributed by atoms with van der Waals surface area (Å²) in [5.74, 6) is -1.86. The molecule has 0 aromatic carbocycles. The van der Waals surface area contributed by atoms with Crippen LogP contribution in [0.5, 0.6) is 0 Å². The van der Waals surface area contributed by atoms with Gasteiger partial charge in [-0.1, -0.05) is 0 Å². The highest BCUT2D eigenvalue weighted by atomic mass is 16.4. The number of rotatable bonds is 10. The van der Waals surface area contributed by atoms with Gasteiger partial charge < -0.3 is 26.4 Å². The Labute approximate surface area is 165 Å². The second kappa shape index (κ2) is 10.4. The molecule has 9 heteroatoms. The van der Waals surface area contributed by atoms with Gasteiger partial charge in [-0.3, -0.25) is 19.2 Å². The zero-order valence-corrected chi connectivity index (χ0v) is 16.5. The van der Waals surface area contributed by atoms with Crippen LogP contribution >= 0.6 is 0 Å². The van der Waals surface area contributed by atoms with Gasteiger partial charge >= 0.3 is 5.97 Å². The number of amides is 3. The minimum atomic E-state index is -0.961. The van der Waals surface area contributed by atoms with Gasteiger partial charge in [-0.2, -0.15) is 0 Å². The summed E-state index contributed by atoms with van der Waals surface area (Å²) < 4.78 is 0. The van der Waals surface area contributed by atoms with E-state index in [9.17, 15) is 19.2 Å². The van der Waals surface area contributed by atoms with Gasteiger partial charge in [-0.25, -0.2) is 0 Å². The minimum absolute atomic E-state index is 0.0857. The Bertz CT molecular complexity index is 597. The number of fused-ring (bicyclic) bond motifs is 2. The van der Waals surface area contributed by atoms with Gasteiger partial charge in [-0.05, 0) is 51.5 Å². The van der Waals surface area contributed by atoms with Crippen LogP contribution in [-0.2, 0) is 19.2 Å². The lowest BCUT2D eigenvalue weighted by Crippen LogP contribution is -2.57. The van der Waals surface area contributed by atoms with E-state index in [2.05, 4.69) is 10.6 Å². The van der Waals surface area contributed by atoms with E-state index in [1.54, 1.807) is 0 Å². The Balaban J connectivity index is 2.05. The molecule has 158 valence electrons. The quantitative estimate of drug-likeness (QED) is 0.382. The van der Waals surface area contributed by atoms with Crippen molar-refractivity contribution in [2.24, 2.45) is 11.7 Å². The van der Waals surface area contributed by atoms with E-state index in [1.807, 2.05) is 4.90 Å². The number of carboxylic acid groups (broad SMARTS) is 1. The fourth-order valence-electron chi connectivity index (χ4n) is 4.40. The van der Waals surface area contributed by atoms with Gasteiger partial charge in [0.05, 0.1) is 12.3 Å². The van der Waals surface area contributed by atoms with Crippen molar-refractivity contribution in [2.45, 2.75) is 76.4 Å². The molecule has 0 radical (unpaired) electrons. The molecular weight excluding hydrogens is 364 g/mol. The Morgan fingerprint density at radius 1 is 1.14 bits per heavy atom. The lowest BCUT2D eigenvalue weighted by molar-refractivity contribution is -0.144. The molecule has 2 fully saturated rings. The third kappa shape index (κ3) is 5.67. The highest BCUT2D eigenvalue weighted by molar-refractivity contribution is 5.88. The third-order valence-corrected chi connectivity index (χ3v) is 5.67. The fraction of sp³-hybridized carbons (Fsp3) is 0.789. The van der Waals surface area contributed by atoms with Crippen LogP contribution in [-0.4, -0.2) is 64.9 Å². The molecule has 0 saturated carbocycles. The normalized spacial score (nSPS) is 24.5. The largest absolute Gasteiger partial charge is 0.481 e. The van der Waals surface area contributed by atoms with Crippen molar-refractivity contribution in [3.63, 3.8) is 0 Å². The summed E-state index contributed by atoms with van der Waals surface area (Å²) in [7, 11) is 0. The predicted octanol–water partition coefficient (Wildman–Crippen LogP) is -0.0194. The number of piperidine rings is 1. The number of nitrogens with zero attached hydrogens (tertiary/aromatic N) is 1. The molecular formula is C19H32N4O5. The lowest BCUT2D eigenvalue weighted by Gasteiger charge is -2.41. The smallest absolute Gasteiger partial charge is 0.305 e. The number of carbonyl (C=O) groups is 4. The van der Waals surface area contributed by atoms with Gasteiger partial charge in [0.1, 0.15) is 6.04 Å². The standard InChI is InChI=1S/C19H32N4O5/c1-12(24)22-15(4-2-3-10-20)19(28)23-13-5-7-14(16(23)8-6-13)18(27)21-11-9-17(25)26/h13-16H,2-11,20H2,1H3,(H,21,27)(H,22,24)(H,25,26)/t13?,14?,15-,16?/m1/s1. The van der Waals surface area contributed by atoms with Crippen LogP contribution in [0.15, 0.2) is 0 Å². The molecule has 3 unspecified atom stereocenters. The lowest BCUT2D eigenvalue weighted by atomic mass is 9.88. The molecule has 0 aromatic heterocycles. The molecule has 2 bridgehead atoms. The number of nitrogens with one attached hydrogen (secondary N) is 2. The van der Waals surface area contributed by atoms with Crippen molar-refractivity contribution >= 4 is 23.7 Å². The Kier molecular flexibility index (Phi) is 8.22. The fourth-order valence-corrected chi connectivity index (χ4v) is 4.40. The minimum Gasteiger partial charge on any atom is -0.481 e. The molecule has 0 spiro atoms. The average Bonchev–Trinajstić information content (AvgIpc) is 2.92. The number of carboxylic acids is 1. The first-order chi connectivity index (χ1) is 13.3. The van der Waals surface area contributed by atoms with Crippen LogP contribution in [0, 0.1) is 5.92 Å². The van der Waals surface area contributed by atoms with Crippen LogP contribution in [0.4, 0.5) is 0 Å². The molecule has 0 aliphatic carbocycles. The van der Waals surface area contributed by atoms with Crippen molar-refractivity contribution in [2.75, 3.05) is 13.1 Å². The predicted molar refractivity (Wildman–Crippen MR) is 102 cm³/mol. The van der Waals surface area contributed by atoms with E-state index in [-0.39, 0.29) is 48.7 Å². The summed E-state index contributed by atoms with van der Waals surface area (Å²) in [6, 6.07) is -0.686. The van der Waals surface area contributed by atoms with Crippen molar-refractivity contribution in [1.29, 1.82) is 0 Å². The van der Waals surface area contributed by atoms with E-state index in [0.29, 0.717) is 19.4 Å². The van der Waals surface area contributed by atoms with E-state index in [1.165, 1.54) is 6.92 Å². The molecule has 2 aliphatic rings. The first kappa shape index (κ1) is 22.1. The zero-order valence-electron chi connectivity index (χ0n) is 16.5. The highest BCUT2D eigenvalue weighted by Crippen LogP contribution is 2.40. The van der Waals surface area contributed by atoms with Crippen molar-refractivity contribution in [1.82, 2.24) is 15.5 Å². The molecule has 2 aliphatic heterocycles. The van der Waals surface area contributed by atoms with Crippen LogP contribution in [0.2, 0.25) is 0 Å². The van der Waals surface area contributed by atoms with Gasteiger partial charge in [0.2, 0.25) is 17.7 Å². The SMILES string of the molecule is CC(=O)N[C@H](CCCCN)C(=O)N1C2CCC(C(=O)NCCC(=O)O)C1CC2.